The Labute approximate surface area is 141 Å². The molecule has 0 unspecified atom stereocenters. The number of alkyl halides is 1. The van der Waals surface area contributed by atoms with Gasteiger partial charge in [-0.15, -0.1) is 0 Å². The zero-order valence-electron chi connectivity index (χ0n) is 13.2. The van der Waals surface area contributed by atoms with Gasteiger partial charge in [0.05, 0.1) is 24.2 Å². The summed E-state index contributed by atoms with van der Waals surface area (Å²) in [7, 11) is 0. The van der Waals surface area contributed by atoms with Crippen molar-refractivity contribution < 1.29 is 23.1 Å². The van der Waals surface area contributed by atoms with Gasteiger partial charge in [0.25, 0.3) is 0 Å². The molecule has 0 aliphatic heterocycles. The molecule has 1 heterocycles. The highest BCUT2D eigenvalue weighted by atomic mass is 19.1. The highest BCUT2D eigenvalue weighted by Crippen LogP contribution is 2.23. The van der Waals surface area contributed by atoms with Crippen LogP contribution in [0.1, 0.15) is 23.2 Å². The summed E-state index contributed by atoms with van der Waals surface area (Å²) >= 11 is 0. The van der Waals surface area contributed by atoms with E-state index in [1.807, 2.05) is 0 Å². The second-order valence-electron chi connectivity index (χ2n) is 5.72. The van der Waals surface area contributed by atoms with Crippen molar-refractivity contribution in [2.45, 2.75) is 26.1 Å². The smallest absolute Gasteiger partial charge is 0.303 e. The number of hydrogen-bond acceptors (Lipinski definition) is 2. The van der Waals surface area contributed by atoms with Crippen LogP contribution in [-0.2, 0) is 24.4 Å². The van der Waals surface area contributed by atoms with Gasteiger partial charge in [-0.3, -0.25) is 9.48 Å². The van der Waals surface area contributed by atoms with Crippen LogP contribution in [0.25, 0.3) is 10.9 Å². The lowest BCUT2D eigenvalue weighted by Gasteiger charge is -2.06. The predicted molar refractivity (Wildman–Crippen MR) is 86.0 cm³/mol. The van der Waals surface area contributed by atoms with Gasteiger partial charge in [-0.05, 0) is 17.7 Å². The second-order valence-corrected chi connectivity index (χ2v) is 5.72. The zero-order chi connectivity index (χ0) is 18.0. The van der Waals surface area contributed by atoms with Crippen molar-refractivity contribution >= 4 is 16.9 Å². The SMILES string of the molecule is O=C(O)CCc1nn(Cc2ccc(F)cc2F)c2cc(CF)ccc12. The summed E-state index contributed by atoms with van der Waals surface area (Å²) < 4.78 is 41.4. The normalized spacial score (nSPS) is 11.2. The van der Waals surface area contributed by atoms with E-state index in [0.717, 1.165) is 12.1 Å². The fourth-order valence-electron chi connectivity index (χ4n) is 2.71. The number of rotatable bonds is 6. The van der Waals surface area contributed by atoms with E-state index in [4.69, 9.17) is 5.11 Å². The third-order valence-electron chi connectivity index (χ3n) is 3.96. The van der Waals surface area contributed by atoms with Crippen LogP contribution in [0.4, 0.5) is 13.2 Å². The zero-order valence-corrected chi connectivity index (χ0v) is 13.2. The molecule has 1 N–H and O–H groups in total. The molecule has 0 spiro atoms. The number of aryl methyl sites for hydroxylation is 1. The standard InChI is InChI=1S/C18H15F3N2O2/c19-9-11-1-4-14-16(5-6-18(24)25)22-23(17(14)7-11)10-12-2-3-13(20)8-15(12)21/h1-4,7-8H,5-6,9-10H2,(H,24,25). The molecule has 1 aromatic heterocycles. The number of carboxylic acids is 1. The summed E-state index contributed by atoms with van der Waals surface area (Å²) in [6.45, 7) is -0.623. The van der Waals surface area contributed by atoms with Crippen LogP contribution in [0.2, 0.25) is 0 Å². The minimum atomic E-state index is -0.951. The molecule has 4 nitrogen and oxygen atoms in total. The van der Waals surface area contributed by atoms with Crippen molar-refractivity contribution in [1.29, 1.82) is 0 Å². The van der Waals surface area contributed by atoms with Crippen LogP contribution >= 0.6 is 0 Å². The molecule has 3 aromatic rings. The van der Waals surface area contributed by atoms with E-state index in [1.165, 1.54) is 10.7 Å². The van der Waals surface area contributed by atoms with Crippen LogP contribution in [0.5, 0.6) is 0 Å². The number of nitrogens with zero attached hydrogens (tertiary/aromatic N) is 2. The summed E-state index contributed by atoms with van der Waals surface area (Å²) in [6, 6.07) is 8.17. The second kappa shape index (κ2) is 6.96. The predicted octanol–water partition coefficient (Wildman–Crippen LogP) is 3.85. The summed E-state index contributed by atoms with van der Waals surface area (Å²) in [5.41, 5.74) is 1.81. The number of hydrogen-bond donors (Lipinski definition) is 1. The van der Waals surface area contributed by atoms with Crippen LogP contribution in [0, 0.1) is 11.6 Å². The number of benzene rings is 2. The molecule has 0 bridgehead atoms. The lowest BCUT2D eigenvalue weighted by atomic mass is 10.1. The van der Waals surface area contributed by atoms with E-state index in [-0.39, 0.29) is 24.9 Å². The molecule has 0 saturated heterocycles. The Morgan fingerprint density at radius 3 is 2.64 bits per heavy atom. The van der Waals surface area contributed by atoms with Crippen molar-refractivity contribution in [1.82, 2.24) is 9.78 Å². The number of carbonyl (C=O) groups is 1. The molecule has 0 aliphatic rings. The Bertz CT molecular complexity index is 937. The lowest BCUT2D eigenvalue weighted by Crippen LogP contribution is -2.05. The number of carboxylic acid groups (broad SMARTS) is 1. The molecule has 7 heteroatoms. The average Bonchev–Trinajstić information content (AvgIpc) is 2.92. The fraction of sp³-hybridized carbons (Fsp3) is 0.222. The number of halogens is 3. The molecular weight excluding hydrogens is 333 g/mol. The third kappa shape index (κ3) is 3.65. The van der Waals surface area contributed by atoms with Gasteiger partial charge in [-0.1, -0.05) is 18.2 Å². The first kappa shape index (κ1) is 17.0. The van der Waals surface area contributed by atoms with Gasteiger partial charge in [0.1, 0.15) is 18.3 Å². The molecule has 3 rings (SSSR count). The van der Waals surface area contributed by atoms with Gasteiger partial charge in [0.2, 0.25) is 0 Å². The van der Waals surface area contributed by atoms with E-state index in [1.54, 1.807) is 18.2 Å². The highest BCUT2D eigenvalue weighted by Gasteiger charge is 2.14. The maximum atomic E-state index is 13.9. The Morgan fingerprint density at radius 2 is 1.96 bits per heavy atom. The first-order valence-electron chi connectivity index (χ1n) is 7.68. The van der Waals surface area contributed by atoms with Gasteiger partial charge in [-0.25, -0.2) is 13.2 Å². The Balaban J connectivity index is 2.04. The van der Waals surface area contributed by atoms with Gasteiger partial charge >= 0.3 is 5.97 Å². The molecule has 0 radical (unpaired) electrons. The minimum absolute atomic E-state index is 0.0332. The molecule has 0 atom stereocenters. The van der Waals surface area contributed by atoms with Crippen molar-refractivity contribution in [2.75, 3.05) is 0 Å². The molecule has 25 heavy (non-hydrogen) atoms. The van der Waals surface area contributed by atoms with E-state index in [0.29, 0.717) is 22.2 Å². The third-order valence-corrected chi connectivity index (χ3v) is 3.96. The van der Waals surface area contributed by atoms with Crippen LogP contribution in [0.3, 0.4) is 0 Å². The highest BCUT2D eigenvalue weighted by molar-refractivity contribution is 5.83. The van der Waals surface area contributed by atoms with Crippen molar-refractivity contribution in [3.63, 3.8) is 0 Å². The Hall–Kier alpha value is -2.83. The maximum absolute atomic E-state index is 13.9. The quantitative estimate of drug-likeness (QED) is 0.736. The molecule has 0 saturated carbocycles. The van der Waals surface area contributed by atoms with Crippen molar-refractivity contribution in [3.8, 4) is 0 Å². The van der Waals surface area contributed by atoms with Gasteiger partial charge in [-0.2, -0.15) is 5.10 Å². The Morgan fingerprint density at radius 1 is 1.16 bits per heavy atom. The van der Waals surface area contributed by atoms with E-state index in [9.17, 15) is 18.0 Å². The van der Waals surface area contributed by atoms with Gasteiger partial charge in [0.15, 0.2) is 0 Å². The van der Waals surface area contributed by atoms with Crippen LogP contribution in [-0.4, -0.2) is 20.9 Å². The molecule has 2 aromatic carbocycles. The number of aliphatic carboxylic acids is 1. The number of aromatic nitrogens is 2. The van der Waals surface area contributed by atoms with Crippen molar-refractivity contribution in [2.24, 2.45) is 0 Å². The monoisotopic (exact) mass is 348 g/mol. The molecule has 0 aliphatic carbocycles. The average molecular weight is 348 g/mol. The molecule has 130 valence electrons. The summed E-state index contributed by atoms with van der Waals surface area (Å²) in [6.07, 6.45) is 0.113. The minimum Gasteiger partial charge on any atom is -0.481 e. The molecule has 0 amide bonds. The van der Waals surface area contributed by atoms with Crippen molar-refractivity contribution in [3.05, 3.63) is 64.9 Å². The Kier molecular flexibility index (Phi) is 4.74. The summed E-state index contributed by atoms with van der Waals surface area (Å²) in [5.74, 6) is -2.32. The summed E-state index contributed by atoms with van der Waals surface area (Å²) in [5, 5.41) is 13.9. The van der Waals surface area contributed by atoms with E-state index < -0.39 is 24.3 Å². The first-order chi connectivity index (χ1) is 12.0. The maximum Gasteiger partial charge on any atom is 0.303 e. The number of fused-ring (bicyclic) bond motifs is 1. The van der Waals surface area contributed by atoms with Crippen LogP contribution < -0.4 is 0 Å². The summed E-state index contributed by atoms with van der Waals surface area (Å²) in [4.78, 5) is 10.8. The lowest BCUT2D eigenvalue weighted by molar-refractivity contribution is -0.136. The largest absolute Gasteiger partial charge is 0.481 e. The fourth-order valence-corrected chi connectivity index (χ4v) is 2.71. The van der Waals surface area contributed by atoms with Gasteiger partial charge in [0, 0.05) is 23.4 Å². The topological polar surface area (TPSA) is 55.1 Å². The molecular formula is C18H15F3N2O2. The van der Waals surface area contributed by atoms with Crippen LogP contribution in [0.15, 0.2) is 36.4 Å². The van der Waals surface area contributed by atoms with Gasteiger partial charge < -0.3 is 5.11 Å². The van der Waals surface area contributed by atoms with E-state index >= 15 is 0 Å². The molecule has 0 fully saturated rings. The van der Waals surface area contributed by atoms with E-state index in [2.05, 4.69) is 5.10 Å². The first-order valence-corrected chi connectivity index (χ1v) is 7.68.